The zero-order valence-corrected chi connectivity index (χ0v) is 12.7. The van der Waals surface area contributed by atoms with E-state index in [1.54, 1.807) is 51.2 Å². The van der Waals surface area contributed by atoms with Gasteiger partial charge in [0.1, 0.15) is 5.82 Å². The number of aryl methyl sites for hydroxylation is 1. The van der Waals surface area contributed by atoms with Crippen molar-refractivity contribution in [3.05, 3.63) is 64.5 Å². The summed E-state index contributed by atoms with van der Waals surface area (Å²) < 4.78 is 13.5. The molecule has 0 atom stereocenters. The predicted octanol–water partition coefficient (Wildman–Crippen LogP) is 3.05. The van der Waals surface area contributed by atoms with Gasteiger partial charge < -0.3 is 10.6 Å². The molecule has 0 aliphatic rings. The SMILES string of the molecule is CNC(=O)c1cccc(NC(=O)c2ccc(C)c(F)c2)c1C. The van der Waals surface area contributed by atoms with Crippen LogP contribution in [0.15, 0.2) is 36.4 Å². The Balaban J connectivity index is 2.28. The summed E-state index contributed by atoms with van der Waals surface area (Å²) in [6.07, 6.45) is 0. The second-order valence-corrected chi connectivity index (χ2v) is 4.98. The molecule has 0 unspecified atom stereocenters. The molecule has 22 heavy (non-hydrogen) atoms. The minimum absolute atomic E-state index is 0.227. The smallest absolute Gasteiger partial charge is 0.255 e. The Morgan fingerprint density at radius 2 is 1.77 bits per heavy atom. The highest BCUT2D eigenvalue weighted by atomic mass is 19.1. The molecule has 2 aromatic rings. The van der Waals surface area contributed by atoms with Crippen molar-refractivity contribution in [1.29, 1.82) is 0 Å². The van der Waals surface area contributed by atoms with E-state index in [-0.39, 0.29) is 11.5 Å². The fourth-order valence-electron chi connectivity index (χ4n) is 2.08. The fraction of sp³-hybridized carbons (Fsp3) is 0.176. The summed E-state index contributed by atoms with van der Waals surface area (Å²) in [6.45, 7) is 3.38. The molecular weight excluding hydrogens is 283 g/mol. The van der Waals surface area contributed by atoms with Crippen LogP contribution < -0.4 is 10.6 Å². The molecule has 2 amide bonds. The van der Waals surface area contributed by atoms with Crippen molar-refractivity contribution in [2.75, 3.05) is 12.4 Å². The number of halogens is 1. The first-order valence-electron chi connectivity index (χ1n) is 6.83. The highest BCUT2D eigenvalue weighted by molar-refractivity contribution is 6.06. The van der Waals surface area contributed by atoms with Gasteiger partial charge in [-0.25, -0.2) is 4.39 Å². The number of anilines is 1. The Kier molecular flexibility index (Phi) is 4.56. The van der Waals surface area contributed by atoms with Gasteiger partial charge in [0.15, 0.2) is 0 Å². The summed E-state index contributed by atoms with van der Waals surface area (Å²) in [7, 11) is 1.54. The van der Waals surface area contributed by atoms with Crippen molar-refractivity contribution < 1.29 is 14.0 Å². The number of hydrogen-bond donors (Lipinski definition) is 2. The number of rotatable bonds is 3. The van der Waals surface area contributed by atoms with Gasteiger partial charge >= 0.3 is 0 Å². The summed E-state index contributed by atoms with van der Waals surface area (Å²) in [5.74, 6) is -1.07. The van der Waals surface area contributed by atoms with Gasteiger partial charge in [0, 0.05) is 23.9 Å². The molecule has 2 aromatic carbocycles. The fourth-order valence-corrected chi connectivity index (χ4v) is 2.08. The lowest BCUT2D eigenvalue weighted by molar-refractivity contribution is 0.0960. The second kappa shape index (κ2) is 6.39. The van der Waals surface area contributed by atoms with Gasteiger partial charge in [-0.3, -0.25) is 9.59 Å². The Bertz CT molecular complexity index is 741. The number of amides is 2. The molecule has 0 aliphatic carbocycles. The zero-order valence-electron chi connectivity index (χ0n) is 12.7. The summed E-state index contributed by atoms with van der Waals surface area (Å²) in [6, 6.07) is 9.37. The lowest BCUT2D eigenvalue weighted by Crippen LogP contribution is -2.20. The molecule has 0 aliphatic heterocycles. The van der Waals surface area contributed by atoms with E-state index < -0.39 is 11.7 Å². The molecule has 0 bridgehead atoms. The van der Waals surface area contributed by atoms with E-state index in [1.807, 2.05) is 0 Å². The van der Waals surface area contributed by atoms with E-state index >= 15 is 0 Å². The number of hydrogen-bond acceptors (Lipinski definition) is 2. The van der Waals surface area contributed by atoms with E-state index in [9.17, 15) is 14.0 Å². The van der Waals surface area contributed by atoms with Crippen molar-refractivity contribution in [2.45, 2.75) is 13.8 Å². The molecule has 0 saturated heterocycles. The van der Waals surface area contributed by atoms with E-state index in [0.717, 1.165) is 0 Å². The molecule has 0 aromatic heterocycles. The first-order chi connectivity index (χ1) is 10.4. The van der Waals surface area contributed by atoms with E-state index in [4.69, 9.17) is 0 Å². The summed E-state index contributed by atoms with van der Waals surface area (Å²) in [5.41, 5.74) is 2.37. The van der Waals surface area contributed by atoms with Gasteiger partial charge in [0.25, 0.3) is 11.8 Å². The molecule has 0 radical (unpaired) electrons. The summed E-state index contributed by atoms with van der Waals surface area (Å²) in [4.78, 5) is 24.0. The van der Waals surface area contributed by atoms with Crippen molar-refractivity contribution in [1.82, 2.24) is 5.32 Å². The minimum Gasteiger partial charge on any atom is -0.355 e. The lowest BCUT2D eigenvalue weighted by atomic mass is 10.1. The van der Waals surface area contributed by atoms with Crippen molar-refractivity contribution in [3.63, 3.8) is 0 Å². The molecular formula is C17H17FN2O2. The minimum atomic E-state index is -0.427. The van der Waals surface area contributed by atoms with Crippen LogP contribution in [0.5, 0.6) is 0 Å². The van der Waals surface area contributed by atoms with Gasteiger partial charge in [-0.2, -0.15) is 0 Å². The topological polar surface area (TPSA) is 58.2 Å². The maximum atomic E-state index is 13.5. The third-order valence-corrected chi connectivity index (χ3v) is 3.49. The molecule has 0 fully saturated rings. The second-order valence-electron chi connectivity index (χ2n) is 4.98. The normalized spacial score (nSPS) is 10.2. The monoisotopic (exact) mass is 300 g/mol. The van der Waals surface area contributed by atoms with Crippen molar-refractivity contribution in [3.8, 4) is 0 Å². The maximum absolute atomic E-state index is 13.5. The molecule has 0 saturated carbocycles. The van der Waals surface area contributed by atoms with Crippen LogP contribution in [0.2, 0.25) is 0 Å². The maximum Gasteiger partial charge on any atom is 0.255 e. The largest absolute Gasteiger partial charge is 0.355 e. The van der Waals surface area contributed by atoms with Gasteiger partial charge in [0.05, 0.1) is 0 Å². The number of nitrogens with one attached hydrogen (secondary N) is 2. The van der Waals surface area contributed by atoms with Gasteiger partial charge in [-0.15, -0.1) is 0 Å². The molecule has 2 rings (SSSR count). The third kappa shape index (κ3) is 3.14. The molecule has 0 spiro atoms. The van der Waals surface area contributed by atoms with Crippen LogP contribution in [0.3, 0.4) is 0 Å². The number of carbonyl (C=O) groups is 2. The van der Waals surface area contributed by atoms with Crippen molar-refractivity contribution in [2.24, 2.45) is 0 Å². The van der Waals surface area contributed by atoms with E-state index in [0.29, 0.717) is 22.4 Å². The Morgan fingerprint density at radius 3 is 2.41 bits per heavy atom. The van der Waals surface area contributed by atoms with E-state index in [1.165, 1.54) is 6.07 Å². The molecule has 0 heterocycles. The average Bonchev–Trinajstić information content (AvgIpc) is 2.51. The van der Waals surface area contributed by atoms with Crippen LogP contribution in [0.1, 0.15) is 31.8 Å². The molecule has 2 N–H and O–H groups in total. The van der Waals surface area contributed by atoms with Crippen LogP contribution in [-0.2, 0) is 0 Å². The number of carbonyl (C=O) groups excluding carboxylic acids is 2. The first kappa shape index (κ1) is 15.7. The Hall–Kier alpha value is -2.69. The van der Waals surface area contributed by atoms with Gasteiger partial charge in [-0.1, -0.05) is 12.1 Å². The Labute approximate surface area is 128 Å². The average molecular weight is 300 g/mol. The highest BCUT2D eigenvalue weighted by Crippen LogP contribution is 2.20. The van der Waals surface area contributed by atoms with Crippen LogP contribution in [0.4, 0.5) is 10.1 Å². The quantitative estimate of drug-likeness (QED) is 0.915. The molecule has 114 valence electrons. The number of benzene rings is 2. The zero-order chi connectivity index (χ0) is 16.3. The highest BCUT2D eigenvalue weighted by Gasteiger charge is 2.13. The van der Waals surface area contributed by atoms with Crippen LogP contribution in [0.25, 0.3) is 0 Å². The molecule has 4 nitrogen and oxygen atoms in total. The van der Waals surface area contributed by atoms with Crippen LogP contribution in [0, 0.1) is 19.7 Å². The Morgan fingerprint density at radius 1 is 1.05 bits per heavy atom. The summed E-state index contributed by atoms with van der Waals surface area (Å²) >= 11 is 0. The van der Waals surface area contributed by atoms with Crippen molar-refractivity contribution >= 4 is 17.5 Å². The lowest BCUT2D eigenvalue weighted by Gasteiger charge is -2.12. The molecule has 5 heteroatoms. The third-order valence-electron chi connectivity index (χ3n) is 3.49. The van der Waals surface area contributed by atoms with E-state index in [2.05, 4.69) is 10.6 Å². The predicted molar refractivity (Wildman–Crippen MR) is 83.7 cm³/mol. The standard InChI is InChI=1S/C17H17FN2O2/c1-10-7-8-12(9-14(10)18)16(21)20-15-6-4-5-13(11(15)2)17(22)19-3/h4-9H,1-3H3,(H,19,22)(H,20,21). The van der Waals surface area contributed by atoms with Crippen LogP contribution >= 0.6 is 0 Å². The summed E-state index contributed by atoms with van der Waals surface area (Å²) in [5, 5.41) is 5.25. The van der Waals surface area contributed by atoms with Gasteiger partial charge in [-0.05, 0) is 49.2 Å². The first-order valence-corrected chi connectivity index (χ1v) is 6.83. The van der Waals surface area contributed by atoms with Crippen LogP contribution in [-0.4, -0.2) is 18.9 Å². The van der Waals surface area contributed by atoms with Gasteiger partial charge in [0.2, 0.25) is 0 Å².